The fraction of sp³-hybridized carbons (Fsp3) is 0.524. The molecule has 1 unspecified atom stereocenters. The summed E-state index contributed by atoms with van der Waals surface area (Å²) in [6, 6.07) is 7.83. The maximum atomic E-state index is 12.9. The van der Waals surface area contributed by atoms with Crippen LogP contribution in [0.5, 0.6) is 0 Å². The predicted octanol–water partition coefficient (Wildman–Crippen LogP) is 1.93. The van der Waals surface area contributed by atoms with Gasteiger partial charge in [0.1, 0.15) is 5.82 Å². The highest BCUT2D eigenvalue weighted by Crippen LogP contribution is 2.27. The van der Waals surface area contributed by atoms with Crippen LogP contribution < -0.4 is 4.90 Å². The Bertz CT molecular complexity index is 899. The van der Waals surface area contributed by atoms with E-state index in [0.717, 1.165) is 29.9 Å². The van der Waals surface area contributed by atoms with Gasteiger partial charge in [-0.05, 0) is 32.9 Å². The minimum Gasteiger partial charge on any atom is -0.352 e. The number of benzene rings is 1. The molecular weight excluding hydrogens is 354 g/mol. The number of amides is 2. The summed E-state index contributed by atoms with van der Waals surface area (Å²) in [5, 5.41) is 0. The number of carbonyl (C=O) groups excluding carboxylic acids is 2. The molecule has 2 fully saturated rings. The molecule has 0 spiro atoms. The number of nitrogens with zero attached hydrogens (tertiary/aromatic N) is 5. The molecule has 7 heteroatoms. The Morgan fingerprint density at radius 1 is 1.07 bits per heavy atom. The number of rotatable bonds is 2. The lowest BCUT2D eigenvalue weighted by Gasteiger charge is -2.37. The summed E-state index contributed by atoms with van der Waals surface area (Å²) < 4.78 is 0. The summed E-state index contributed by atoms with van der Waals surface area (Å²) in [6.07, 6.45) is 2.13. The van der Waals surface area contributed by atoms with E-state index in [1.807, 2.05) is 54.8 Å². The number of anilines is 1. The van der Waals surface area contributed by atoms with Crippen molar-refractivity contribution < 1.29 is 9.59 Å². The van der Waals surface area contributed by atoms with Crippen LogP contribution in [0, 0.1) is 5.92 Å². The first-order valence-corrected chi connectivity index (χ1v) is 9.89. The Morgan fingerprint density at radius 2 is 1.75 bits per heavy atom. The third-order valence-corrected chi connectivity index (χ3v) is 5.64. The number of hydrogen-bond acceptors (Lipinski definition) is 5. The fourth-order valence-corrected chi connectivity index (χ4v) is 4.04. The molecule has 2 amide bonds. The summed E-state index contributed by atoms with van der Waals surface area (Å²) in [4.78, 5) is 40.3. The van der Waals surface area contributed by atoms with E-state index in [1.54, 1.807) is 6.20 Å². The van der Waals surface area contributed by atoms with E-state index < -0.39 is 0 Å². The number of piperazine rings is 1. The van der Waals surface area contributed by atoms with Crippen LogP contribution in [0.4, 0.5) is 5.82 Å². The van der Waals surface area contributed by atoms with E-state index >= 15 is 0 Å². The van der Waals surface area contributed by atoms with Crippen LogP contribution in [-0.4, -0.2) is 69.8 Å². The zero-order valence-corrected chi connectivity index (χ0v) is 16.8. The zero-order valence-electron chi connectivity index (χ0n) is 16.8. The Hall–Kier alpha value is -2.70. The summed E-state index contributed by atoms with van der Waals surface area (Å²) >= 11 is 0. The smallest absolute Gasteiger partial charge is 0.228 e. The van der Waals surface area contributed by atoms with Crippen molar-refractivity contribution in [2.75, 3.05) is 37.6 Å². The van der Waals surface area contributed by atoms with Gasteiger partial charge in [-0.15, -0.1) is 0 Å². The van der Waals surface area contributed by atoms with Crippen molar-refractivity contribution in [2.45, 2.75) is 32.7 Å². The van der Waals surface area contributed by atoms with Crippen molar-refractivity contribution in [1.29, 1.82) is 0 Å². The van der Waals surface area contributed by atoms with E-state index in [-0.39, 0.29) is 23.3 Å². The molecule has 2 aliphatic rings. The predicted molar refractivity (Wildman–Crippen MR) is 108 cm³/mol. The van der Waals surface area contributed by atoms with Gasteiger partial charge in [0.15, 0.2) is 0 Å². The van der Waals surface area contributed by atoms with Gasteiger partial charge in [-0.1, -0.05) is 12.1 Å². The highest BCUT2D eigenvalue weighted by Gasteiger charge is 2.41. The summed E-state index contributed by atoms with van der Waals surface area (Å²) in [7, 11) is 0. The molecule has 0 bridgehead atoms. The molecule has 1 aromatic heterocycles. The highest BCUT2D eigenvalue weighted by molar-refractivity contribution is 5.89. The van der Waals surface area contributed by atoms with Gasteiger partial charge in [-0.25, -0.2) is 4.98 Å². The van der Waals surface area contributed by atoms with Crippen molar-refractivity contribution in [3.8, 4) is 0 Å². The molecule has 4 rings (SSSR count). The molecule has 0 aliphatic carbocycles. The lowest BCUT2D eigenvalue weighted by atomic mass is 10.1. The molecule has 7 nitrogen and oxygen atoms in total. The number of fused-ring (bicyclic) bond motifs is 1. The second kappa shape index (κ2) is 7.04. The number of para-hydroxylation sites is 2. The van der Waals surface area contributed by atoms with Crippen molar-refractivity contribution >= 4 is 28.7 Å². The number of carbonyl (C=O) groups is 2. The number of aromatic nitrogens is 2. The average molecular weight is 381 g/mol. The molecule has 1 atom stereocenters. The van der Waals surface area contributed by atoms with Crippen LogP contribution in [0.1, 0.15) is 27.2 Å². The number of likely N-dealkylation sites (tertiary alicyclic amines) is 1. The molecule has 0 N–H and O–H groups in total. The van der Waals surface area contributed by atoms with E-state index in [2.05, 4.69) is 9.88 Å². The maximum Gasteiger partial charge on any atom is 0.228 e. The third-order valence-electron chi connectivity index (χ3n) is 5.64. The van der Waals surface area contributed by atoms with Crippen molar-refractivity contribution in [3.63, 3.8) is 0 Å². The van der Waals surface area contributed by atoms with E-state index in [0.29, 0.717) is 26.1 Å². The van der Waals surface area contributed by atoms with Gasteiger partial charge in [-0.3, -0.25) is 14.6 Å². The topological polar surface area (TPSA) is 69.6 Å². The summed E-state index contributed by atoms with van der Waals surface area (Å²) in [5.41, 5.74) is 1.53. The van der Waals surface area contributed by atoms with Gasteiger partial charge in [0.25, 0.3) is 0 Å². The van der Waals surface area contributed by atoms with E-state index in [4.69, 9.17) is 4.98 Å². The average Bonchev–Trinajstić information content (AvgIpc) is 3.09. The second-order valence-corrected chi connectivity index (χ2v) is 8.61. The van der Waals surface area contributed by atoms with Crippen LogP contribution in [0.3, 0.4) is 0 Å². The first-order chi connectivity index (χ1) is 13.3. The van der Waals surface area contributed by atoms with Crippen LogP contribution in [0.2, 0.25) is 0 Å². The van der Waals surface area contributed by atoms with Gasteiger partial charge in [-0.2, -0.15) is 0 Å². The molecular formula is C21H27N5O2. The Kier molecular flexibility index (Phi) is 4.69. The van der Waals surface area contributed by atoms with Gasteiger partial charge in [0, 0.05) is 44.7 Å². The van der Waals surface area contributed by atoms with Crippen LogP contribution in [0.25, 0.3) is 11.0 Å². The Morgan fingerprint density at radius 3 is 2.39 bits per heavy atom. The first kappa shape index (κ1) is 18.7. The fourth-order valence-electron chi connectivity index (χ4n) is 4.04. The monoisotopic (exact) mass is 381 g/mol. The third kappa shape index (κ3) is 3.53. The molecule has 148 valence electrons. The molecule has 2 aromatic rings. The standard InChI is InChI=1S/C21H27N5O2/c1-21(2,3)26-14-15(12-19(26)27)20(28)25-10-8-24(9-11-25)18-13-22-16-6-4-5-7-17(16)23-18/h4-7,13,15H,8-12,14H2,1-3H3. The molecule has 0 radical (unpaired) electrons. The molecule has 1 aromatic carbocycles. The maximum absolute atomic E-state index is 12.9. The van der Waals surface area contributed by atoms with Gasteiger partial charge in [0.05, 0.1) is 23.1 Å². The highest BCUT2D eigenvalue weighted by atomic mass is 16.2. The van der Waals surface area contributed by atoms with E-state index in [1.165, 1.54) is 0 Å². The summed E-state index contributed by atoms with van der Waals surface area (Å²) in [6.45, 7) is 9.31. The van der Waals surface area contributed by atoms with Gasteiger partial charge < -0.3 is 14.7 Å². The normalized spacial score (nSPS) is 20.9. The minimum atomic E-state index is -0.237. The molecule has 3 heterocycles. The quantitative estimate of drug-likeness (QED) is 0.795. The lowest BCUT2D eigenvalue weighted by Crippen LogP contribution is -2.51. The summed E-state index contributed by atoms with van der Waals surface area (Å²) in [5.74, 6) is 0.805. The number of hydrogen-bond donors (Lipinski definition) is 0. The first-order valence-electron chi connectivity index (χ1n) is 9.89. The Balaban J connectivity index is 1.38. The largest absolute Gasteiger partial charge is 0.352 e. The Labute approximate surface area is 165 Å². The van der Waals surface area contributed by atoms with Gasteiger partial charge >= 0.3 is 0 Å². The van der Waals surface area contributed by atoms with Crippen LogP contribution in [-0.2, 0) is 9.59 Å². The molecule has 2 saturated heterocycles. The van der Waals surface area contributed by atoms with Crippen LogP contribution >= 0.6 is 0 Å². The SMILES string of the molecule is CC(C)(C)N1CC(C(=O)N2CCN(c3cnc4ccccc4n3)CC2)CC1=O. The molecule has 2 aliphatic heterocycles. The molecule has 0 saturated carbocycles. The second-order valence-electron chi connectivity index (χ2n) is 8.61. The van der Waals surface area contributed by atoms with Crippen LogP contribution in [0.15, 0.2) is 30.5 Å². The lowest BCUT2D eigenvalue weighted by molar-refractivity contribution is -0.136. The zero-order chi connectivity index (χ0) is 19.9. The minimum absolute atomic E-state index is 0.0796. The van der Waals surface area contributed by atoms with Crippen molar-refractivity contribution in [3.05, 3.63) is 30.5 Å². The van der Waals surface area contributed by atoms with Crippen molar-refractivity contribution in [1.82, 2.24) is 19.8 Å². The molecule has 28 heavy (non-hydrogen) atoms. The van der Waals surface area contributed by atoms with Crippen molar-refractivity contribution in [2.24, 2.45) is 5.92 Å². The van der Waals surface area contributed by atoms with E-state index in [9.17, 15) is 9.59 Å². The van der Waals surface area contributed by atoms with Gasteiger partial charge in [0.2, 0.25) is 11.8 Å².